The number of ether oxygens (including phenoxy) is 3. The number of aliphatic hydroxyl groups is 3. The number of H-pyrrole nitrogens is 1. The van der Waals surface area contributed by atoms with E-state index in [1.807, 2.05) is 11.1 Å². The SMILES string of the molecule is CC(N[P@@](O)(=S)Oc1cn([C@@H]2O[C@H](CO)[C@@H](O)[C@@]2(C)O)c(=O)[nH]c1=O)=C(Oc1ccccc1)OC(C)C. The summed E-state index contributed by atoms with van der Waals surface area (Å²) < 4.78 is 23.0. The summed E-state index contributed by atoms with van der Waals surface area (Å²) >= 11 is 5.17. The lowest BCUT2D eigenvalue weighted by atomic mass is 9.96. The van der Waals surface area contributed by atoms with Gasteiger partial charge in [-0.2, -0.15) is 0 Å². The van der Waals surface area contributed by atoms with E-state index in [9.17, 15) is 29.8 Å². The topological polar surface area (TPSA) is 185 Å². The summed E-state index contributed by atoms with van der Waals surface area (Å²) in [6, 6.07) is 8.73. The zero-order valence-corrected chi connectivity index (χ0v) is 22.2. The maximum Gasteiger partial charge on any atom is 0.337 e. The predicted octanol–water partition coefficient (Wildman–Crippen LogP) is 0.416. The first-order valence-corrected chi connectivity index (χ1v) is 13.9. The van der Waals surface area contributed by atoms with Crippen molar-refractivity contribution in [1.29, 1.82) is 0 Å². The molecule has 13 nitrogen and oxygen atoms in total. The van der Waals surface area contributed by atoms with Gasteiger partial charge in [-0.05, 0) is 51.6 Å². The summed E-state index contributed by atoms with van der Waals surface area (Å²) in [5.41, 5.74) is -3.84. The van der Waals surface area contributed by atoms with Gasteiger partial charge < -0.3 is 44.0 Å². The molecule has 1 fully saturated rings. The molecule has 6 N–H and O–H groups in total. The van der Waals surface area contributed by atoms with Crippen molar-refractivity contribution in [1.82, 2.24) is 14.6 Å². The minimum atomic E-state index is -3.99. The molecule has 1 aromatic heterocycles. The standard InChI is InChI=1S/C22H30N3O10PS/c1-12(2)32-19(33-14-8-6-5-7-9-14)13(3)24-36(31,37)35-15-10-25(21(29)23-18(15)28)20-22(4,30)17(27)16(11-26)34-20/h5-10,12,16-17,20,26-27,30H,11H2,1-4H3,(H,23,28,29)(H2,24,31,37)/t16-,17-,20-,22-,36+/m1/s1. The molecule has 2 heterocycles. The Labute approximate surface area is 217 Å². The highest BCUT2D eigenvalue weighted by Gasteiger charge is 2.53. The predicted molar refractivity (Wildman–Crippen MR) is 135 cm³/mol. The van der Waals surface area contributed by atoms with Crippen LogP contribution < -0.4 is 25.6 Å². The van der Waals surface area contributed by atoms with Crippen molar-refractivity contribution < 1.29 is 38.9 Å². The summed E-state index contributed by atoms with van der Waals surface area (Å²) in [5.74, 6) is -0.101. The van der Waals surface area contributed by atoms with Crippen molar-refractivity contribution in [2.75, 3.05) is 6.61 Å². The number of allylic oxidation sites excluding steroid dienone is 1. The molecule has 0 saturated carbocycles. The fourth-order valence-corrected chi connectivity index (χ4v) is 5.12. The molecule has 2 aromatic rings. The van der Waals surface area contributed by atoms with Crippen LogP contribution in [0.4, 0.5) is 0 Å². The third-order valence-electron chi connectivity index (χ3n) is 5.26. The van der Waals surface area contributed by atoms with Crippen LogP contribution in [-0.4, -0.2) is 60.3 Å². The summed E-state index contributed by atoms with van der Waals surface area (Å²) in [6.07, 6.45) is -3.63. The van der Waals surface area contributed by atoms with Gasteiger partial charge in [0.05, 0.1) is 24.6 Å². The van der Waals surface area contributed by atoms with Crippen molar-refractivity contribution in [2.24, 2.45) is 0 Å². The maximum absolute atomic E-state index is 12.5. The Morgan fingerprint density at radius 1 is 1.32 bits per heavy atom. The number of para-hydroxylation sites is 1. The van der Waals surface area contributed by atoms with Crippen molar-refractivity contribution >= 4 is 18.4 Å². The minimum Gasteiger partial charge on any atom is -0.461 e. The maximum atomic E-state index is 12.5. The first kappa shape index (κ1) is 28.9. The summed E-state index contributed by atoms with van der Waals surface area (Å²) in [7, 11) is 0. The zero-order valence-electron chi connectivity index (χ0n) is 20.5. The van der Waals surface area contributed by atoms with Gasteiger partial charge in [0.1, 0.15) is 23.6 Å². The molecule has 0 bridgehead atoms. The molecule has 1 saturated heterocycles. The Bertz CT molecular complexity index is 1290. The van der Waals surface area contributed by atoms with Gasteiger partial charge in [-0.15, -0.1) is 0 Å². The number of benzene rings is 1. The number of aromatic nitrogens is 2. The molecule has 0 aliphatic carbocycles. The Kier molecular flexibility index (Phi) is 8.85. The number of nitrogens with zero attached hydrogens (tertiary/aromatic N) is 1. The lowest BCUT2D eigenvalue weighted by molar-refractivity contribution is -0.0988. The molecule has 5 atom stereocenters. The van der Waals surface area contributed by atoms with Crippen LogP contribution in [0.15, 0.2) is 57.8 Å². The van der Waals surface area contributed by atoms with Crippen LogP contribution in [0.1, 0.15) is 33.9 Å². The number of hydrogen-bond donors (Lipinski definition) is 6. The molecule has 1 aromatic carbocycles. The minimum absolute atomic E-state index is 0.00592. The Hall–Kier alpha value is -2.71. The summed E-state index contributed by atoms with van der Waals surface area (Å²) in [4.78, 5) is 37.7. The van der Waals surface area contributed by atoms with E-state index in [2.05, 4.69) is 5.09 Å². The van der Waals surface area contributed by atoms with Gasteiger partial charge in [-0.3, -0.25) is 14.3 Å². The molecule has 204 valence electrons. The van der Waals surface area contributed by atoms with Gasteiger partial charge >= 0.3 is 18.3 Å². The van der Waals surface area contributed by atoms with Gasteiger partial charge in [0.2, 0.25) is 5.75 Å². The second kappa shape index (κ2) is 11.4. The lowest BCUT2D eigenvalue weighted by Crippen LogP contribution is -2.47. The molecular weight excluding hydrogens is 529 g/mol. The number of aliphatic hydroxyl groups excluding tert-OH is 2. The molecule has 0 unspecified atom stereocenters. The van der Waals surface area contributed by atoms with E-state index < -0.39 is 54.3 Å². The lowest BCUT2D eigenvalue weighted by Gasteiger charge is -2.28. The highest BCUT2D eigenvalue weighted by Crippen LogP contribution is 2.41. The number of nitrogens with one attached hydrogen (secondary N) is 2. The van der Waals surface area contributed by atoms with Crippen molar-refractivity contribution in [3.63, 3.8) is 0 Å². The smallest absolute Gasteiger partial charge is 0.337 e. The molecule has 0 spiro atoms. The summed E-state index contributed by atoms with van der Waals surface area (Å²) in [5, 5.41) is 32.9. The van der Waals surface area contributed by atoms with Gasteiger partial charge in [-0.25, -0.2) is 4.79 Å². The molecule has 0 amide bonds. The van der Waals surface area contributed by atoms with Crippen LogP contribution in [0.5, 0.6) is 11.5 Å². The molecule has 3 rings (SSSR count). The van der Waals surface area contributed by atoms with Gasteiger partial charge in [0.25, 0.3) is 5.56 Å². The number of rotatable bonds is 10. The van der Waals surface area contributed by atoms with Crippen molar-refractivity contribution in [2.45, 2.75) is 57.8 Å². The van der Waals surface area contributed by atoms with Gasteiger partial charge in [0.15, 0.2) is 6.23 Å². The first-order chi connectivity index (χ1) is 17.2. The van der Waals surface area contributed by atoms with Crippen molar-refractivity contribution in [3.05, 3.63) is 69.0 Å². The van der Waals surface area contributed by atoms with E-state index in [1.54, 1.807) is 38.1 Å². The van der Waals surface area contributed by atoms with E-state index in [-0.39, 0.29) is 17.7 Å². The second-order valence-electron chi connectivity index (χ2n) is 8.76. The average Bonchev–Trinajstić information content (AvgIpc) is 3.03. The molecule has 37 heavy (non-hydrogen) atoms. The highest BCUT2D eigenvalue weighted by atomic mass is 32.5. The monoisotopic (exact) mass is 559 g/mol. The third-order valence-corrected chi connectivity index (χ3v) is 6.82. The normalized spacial score (nSPS) is 25.8. The molecule has 1 aliphatic rings. The van der Waals surface area contributed by atoms with Gasteiger partial charge in [-0.1, -0.05) is 18.2 Å². The molecular formula is C22H30N3O10PS. The van der Waals surface area contributed by atoms with E-state index in [0.717, 1.165) is 10.8 Å². The quantitative estimate of drug-likeness (QED) is 0.174. The van der Waals surface area contributed by atoms with Crippen molar-refractivity contribution in [3.8, 4) is 11.5 Å². The third kappa shape index (κ3) is 6.79. The average molecular weight is 560 g/mol. The first-order valence-electron chi connectivity index (χ1n) is 11.2. The van der Waals surface area contributed by atoms with E-state index in [1.165, 1.54) is 13.8 Å². The fraction of sp³-hybridized carbons (Fsp3) is 0.455. The van der Waals surface area contributed by atoms with Crippen LogP contribution >= 0.6 is 6.64 Å². The van der Waals surface area contributed by atoms with Crippen LogP contribution in [0.3, 0.4) is 0 Å². The Balaban J connectivity index is 1.90. The Morgan fingerprint density at radius 2 is 1.97 bits per heavy atom. The largest absolute Gasteiger partial charge is 0.461 e. The number of aromatic amines is 1. The van der Waals surface area contributed by atoms with E-state index in [4.69, 9.17) is 30.5 Å². The van der Waals surface area contributed by atoms with Crippen LogP contribution in [0, 0.1) is 0 Å². The van der Waals surface area contributed by atoms with Gasteiger partial charge in [0, 0.05) is 0 Å². The highest BCUT2D eigenvalue weighted by molar-refractivity contribution is 8.08. The zero-order chi connectivity index (χ0) is 27.5. The fourth-order valence-electron chi connectivity index (χ4n) is 3.51. The summed E-state index contributed by atoms with van der Waals surface area (Å²) in [6.45, 7) is 1.64. The van der Waals surface area contributed by atoms with Crippen LogP contribution in [0.2, 0.25) is 0 Å². The van der Waals surface area contributed by atoms with E-state index in [0.29, 0.717) is 5.75 Å². The van der Waals surface area contributed by atoms with Crippen LogP contribution in [-0.2, 0) is 21.3 Å². The molecule has 15 heteroatoms. The second-order valence-corrected chi connectivity index (χ2v) is 11.7. The molecule has 0 radical (unpaired) electrons. The van der Waals surface area contributed by atoms with E-state index >= 15 is 0 Å². The molecule has 1 aliphatic heterocycles. The number of hydrogen-bond acceptors (Lipinski definition) is 10. The van der Waals surface area contributed by atoms with Crippen LogP contribution in [0.25, 0.3) is 0 Å². The Morgan fingerprint density at radius 3 is 2.54 bits per heavy atom.